The molecule has 0 unspecified atom stereocenters. The van der Waals surface area contributed by atoms with E-state index in [1.54, 1.807) is 18.3 Å². The summed E-state index contributed by atoms with van der Waals surface area (Å²) in [6.07, 6.45) is 1.57. The van der Waals surface area contributed by atoms with Gasteiger partial charge in [0.15, 0.2) is 0 Å². The minimum absolute atomic E-state index is 0.298. The number of amides is 1. The van der Waals surface area contributed by atoms with Crippen LogP contribution in [0, 0.1) is 0 Å². The molecule has 0 saturated carbocycles. The van der Waals surface area contributed by atoms with Crippen LogP contribution >= 0.6 is 0 Å². The summed E-state index contributed by atoms with van der Waals surface area (Å²) in [5, 5.41) is 4.06. The molecule has 0 radical (unpaired) electrons. The van der Waals surface area contributed by atoms with Crippen molar-refractivity contribution < 1.29 is 9.53 Å². The van der Waals surface area contributed by atoms with Crippen molar-refractivity contribution in [2.45, 2.75) is 6.92 Å². The van der Waals surface area contributed by atoms with Gasteiger partial charge in [0, 0.05) is 16.7 Å². The molecule has 1 amide bonds. The van der Waals surface area contributed by atoms with Crippen LogP contribution in [0.1, 0.15) is 22.8 Å². The Morgan fingerprint density at radius 1 is 1.10 bits per heavy atom. The second kappa shape index (κ2) is 8.39. The maximum atomic E-state index is 12.5. The van der Waals surface area contributed by atoms with Gasteiger partial charge in [-0.2, -0.15) is 5.10 Å². The van der Waals surface area contributed by atoms with Crippen LogP contribution in [0.4, 0.5) is 0 Å². The molecule has 0 aliphatic rings. The molecule has 0 saturated heterocycles. The number of fused-ring (bicyclic) bond motifs is 1. The number of carbonyl (C=O) groups is 1. The van der Waals surface area contributed by atoms with Gasteiger partial charge in [-0.25, -0.2) is 10.4 Å². The average molecular weight is 384 g/mol. The van der Waals surface area contributed by atoms with E-state index in [9.17, 15) is 4.79 Å². The number of aromatic amines is 1. The summed E-state index contributed by atoms with van der Waals surface area (Å²) in [5.41, 5.74) is 6.44. The SMILES string of the molecule is CCOc1ccccc1/C=N/NC(=O)c1ccc2nc(-c3ccccc3)[nH]c2c1. The van der Waals surface area contributed by atoms with Gasteiger partial charge in [-0.15, -0.1) is 0 Å². The second-order valence-electron chi connectivity index (χ2n) is 6.35. The van der Waals surface area contributed by atoms with Gasteiger partial charge in [0.1, 0.15) is 11.6 Å². The third kappa shape index (κ3) is 4.16. The number of H-pyrrole nitrogens is 1. The molecule has 144 valence electrons. The van der Waals surface area contributed by atoms with Gasteiger partial charge in [0.2, 0.25) is 0 Å². The molecular formula is C23H20N4O2. The maximum absolute atomic E-state index is 12.5. The molecule has 1 aromatic heterocycles. The van der Waals surface area contributed by atoms with Crippen LogP contribution in [0.15, 0.2) is 77.9 Å². The van der Waals surface area contributed by atoms with Gasteiger partial charge in [-0.3, -0.25) is 4.79 Å². The topological polar surface area (TPSA) is 79.4 Å². The summed E-state index contributed by atoms with van der Waals surface area (Å²) in [4.78, 5) is 20.3. The van der Waals surface area contributed by atoms with Crippen LogP contribution in [0.5, 0.6) is 5.75 Å². The molecule has 6 nitrogen and oxygen atoms in total. The largest absolute Gasteiger partial charge is 0.493 e. The highest BCUT2D eigenvalue weighted by molar-refractivity contribution is 5.98. The highest BCUT2D eigenvalue weighted by Gasteiger charge is 2.09. The lowest BCUT2D eigenvalue weighted by Crippen LogP contribution is -2.17. The predicted molar refractivity (Wildman–Crippen MR) is 114 cm³/mol. The Morgan fingerprint density at radius 2 is 1.90 bits per heavy atom. The number of hydrogen-bond acceptors (Lipinski definition) is 4. The molecule has 2 N–H and O–H groups in total. The lowest BCUT2D eigenvalue weighted by Gasteiger charge is -2.05. The summed E-state index contributed by atoms with van der Waals surface area (Å²) in [7, 11) is 0. The van der Waals surface area contributed by atoms with Crippen molar-refractivity contribution >= 4 is 23.2 Å². The van der Waals surface area contributed by atoms with Crippen molar-refractivity contribution in [3.63, 3.8) is 0 Å². The number of para-hydroxylation sites is 1. The van der Waals surface area contributed by atoms with Crippen LogP contribution in [0.3, 0.4) is 0 Å². The van der Waals surface area contributed by atoms with E-state index in [0.29, 0.717) is 12.2 Å². The molecule has 4 aromatic rings. The first-order valence-electron chi connectivity index (χ1n) is 9.35. The number of benzene rings is 3. The Balaban J connectivity index is 1.50. The minimum atomic E-state index is -0.298. The van der Waals surface area contributed by atoms with Crippen molar-refractivity contribution in [2.75, 3.05) is 6.61 Å². The van der Waals surface area contributed by atoms with E-state index in [0.717, 1.165) is 33.7 Å². The molecule has 0 fully saturated rings. The van der Waals surface area contributed by atoms with Gasteiger partial charge in [0.05, 0.1) is 23.9 Å². The number of rotatable bonds is 6. The first-order chi connectivity index (χ1) is 14.2. The van der Waals surface area contributed by atoms with Gasteiger partial charge in [-0.05, 0) is 37.3 Å². The Labute approximate surface area is 168 Å². The van der Waals surface area contributed by atoms with Gasteiger partial charge in [-0.1, -0.05) is 42.5 Å². The van der Waals surface area contributed by atoms with Crippen LogP contribution in [0.2, 0.25) is 0 Å². The smallest absolute Gasteiger partial charge is 0.271 e. The highest BCUT2D eigenvalue weighted by Crippen LogP contribution is 2.21. The molecule has 0 aliphatic heterocycles. The minimum Gasteiger partial charge on any atom is -0.493 e. The molecule has 0 atom stereocenters. The zero-order valence-electron chi connectivity index (χ0n) is 15.9. The van der Waals surface area contributed by atoms with E-state index >= 15 is 0 Å². The fourth-order valence-electron chi connectivity index (χ4n) is 2.98. The number of nitrogens with zero attached hydrogens (tertiary/aromatic N) is 2. The lowest BCUT2D eigenvalue weighted by molar-refractivity contribution is 0.0955. The number of hydrazone groups is 1. The molecule has 29 heavy (non-hydrogen) atoms. The number of ether oxygens (including phenoxy) is 1. The maximum Gasteiger partial charge on any atom is 0.271 e. The predicted octanol–water partition coefficient (Wildman–Crippen LogP) is 4.39. The molecule has 0 aliphatic carbocycles. The second-order valence-corrected chi connectivity index (χ2v) is 6.35. The van der Waals surface area contributed by atoms with E-state index in [2.05, 4.69) is 20.5 Å². The highest BCUT2D eigenvalue weighted by atomic mass is 16.5. The molecule has 3 aromatic carbocycles. The molecule has 0 bridgehead atoms. The fourth-order valence-corrected chi connectivity index (χ4v) is 2.98. The molecule has 4 rings (SSSR count). The number of nitrogens with one attached hydrogen (secondary N) is 2. The summed E-state index contributed by atoms with van der Waals surface area (Å²) >= 11 is 0. The monoisotopic (exact) mass is 384 g/mol. The third-order valence-corrected chi connectivity index (χ3v) is 4.38. The summed E-state index contributed by atoms with van der Waals surface area (Å²) in [6.45, 7) is 2.48. The number of aromatic nitrogens is 2. The Bertz CT molecular complexity index is 1170. The van der Waals surface area contributed by atoms with Crippen LogP contribution in [-0.4, -0.2) is 28.7 Å². The first kappa shape index (κ1) is 18.4. The summed E-state index contributed by atoms with van der Waals surface area (Å²) in [5.74, 6) is 1.19. The van der Waals surface area contributed by atoms with E-state index in [4.69, 9.17) is 4.74 Å². The van der Waals surface area contributed by atoms with Crippen molar-refractivity contribution in [1.82, 2.24) is 15.4 Å². The Kier molecular flexibility index (Phi) is 5.33. The van der Waals surface area contributed by atoms with Crippen LogP contribution in [0.25, 0.3) is 22.4 Å². The van der Waals surface area contributed by atoms with Crippen LogP contribution < -0.4 is 10.2 Å². The lowest BCUT2D eigenvalue weighted by atomic mass is 10.2. The average Bonchev–Trinajstić information content (AvgIpc) is 3.19. The number of imidazole rings is 1. The third-order valence-electron chi connectivity index (χ3n) is 4.38. The van der Waals surface area contributed by atoms with Gasteiger partial charge in [0.25, 0.3) is 5.91 Å². The number of hydrogen-bond donors (Lipinski definition) is 2. The van der Waals surface area contributed by atoms with Crippen molar-refractivity contribution in [3.05, 3.63) is 83.9 Å². The van der Waals surface area contributed by atoms with Crippen molar-refractivity contribution in [3.8, 4) is 17.1 Å². The van der Waals surface area contributed by atoms with Crippen molar-refractivity contribution in [1.29, 1.82) is 0 Å². The van der Waals surface area contributed by atoms with E-state index in [-0.39, 0.29) is 5.91 Å². The number of carbonyl (C=O) groups excluding carboxylic acids is 1. The van der Waals surface area contributed by atoms with Gasteiger partial charge >= 0.3 is 0 Å². The molecule has 6 heteroatoms. The zero-order valence-corrected chi connectivity index (χ0v) is 15.9. The first-order valence-corrected chi connectivity index (χ1v) is 9.35. The Hall–Kier alpha value is -3.93. The normalized spacial score (nSPS) is 11.1. The van der Waals surface area contributed by atoms with E-state index < -0.39 is 0 Å². The summed E-state index contributed by atoms with van der Waals surface area (Å²) in [6, 6.07) is 22.7. The fraction of sp³-hybridized carbons (Fsp3) is 0.0870. The quantitative estimate of drug-likeness (QED) is 0.382. The standard InChI is InChI=1S/C23H20N4O2/c1-2-29-21-11-7-6-10-18(21)15-24-27-23(28)17-12-13-19-20(14-17)26-22(25-19)16-8-4-3-5-9-16/h3-15H,2H2,1H3,(H,25,26)(H,27,28)/b24-15+. The van der Waals surface area contributed by atoms with E-state index in [1.807, 2.05) is 67.6 Å². The molecule has 1 heterocycles. The summed E-state index contributed by atoms with van der Waals surface area (Å²) < 4.78 is 5.55. The van der Waals surface area contributed by atoms with Crippen molar-refractivity contribution in [2.24, 2.45) is 5.10 Å². The molecular weight excluding hydrogens is 364 g/mol. The van der Waals surface area contributed by atoms with Crippen LogP contribution in [-0.2, 0) is 0 Å². The zero-order chi connectivity index (χ0) is 20.1. The molecule has 0 spiro atoms. The van der Waals surface area contributed by atoms with E-state index in [1.165, 1.54) is 0 Å². The van der Waals surface area contributed by atoms with Gasteiger partial charge < -0.3 is 9.72 Å². The Morgan fingerprint density at radius 3 is 2.72 bits per heavy atom.